The summed E-state index contributed by atoms with van der Waals surface area (Å²) in [4.78, 5) is 0. The van der Waals surface area contributed by atoms with Crippen molar-refractivity contribution in [1.29, 1.82) is 0 Å². The summed E-state index contributed by atoms with van der Waals surface area (Å²) >= 11 is 16.5. The molecule has 0 aliphatic heterocycles. The number of halogens is 3. The normalized spacial score (nSPS) is 16.7. The van der Waals surface area contributed by atoms with Gasteiger partial charge in [-0.25, -0.2) is 0 Å². The third-order valence-electron chi connectivity index (χ3n) is 0.698. The van der Waals surface area contributed by atoms with Crippen molar-refractivity contribution in [2.75, 3.05) is 0 Å². The molecule has 1 unspecified atom stereocenters. The lowest BCUT2D eigenvalue weighted by molar-refractivity contribution is 0.831. The molecule has 0 bridgehead atoms. The Hall–Kier alpha value is 0.870. The summed E-state index contributed by atoms with van der Waals surface area (Å²) in [6.07, 6.45) is 0. The van der Waals surface area contributed by atoms with Crippen LogP contribution in [0.4, 0.5) is 0 Å². The molecule has 0 nitrogen and oxygen atoms in total. The fourth-order valence-electron chi connectivity index (χ4n) is 0. The molecule has 0 amide bonds. The van der Waals surface area contributed by atoms with Crippen molar-refractivity contribution < 1.29 is 0 Å². The van der Waals surface area contributed by atoms with Crippen LogP contribution in [-0.4, -0.2) is 9.71 Å². The van der Waals surface area contributed by atoms with Crippen LogP contribution in [0.25, 0.3) is 0 Å². The molecule has 0 heterocycles. The summed E-state index contributed by atoms with van der Waals surface area (Å²) in [6.45, 7) is 3.41. The van der Waals surface area contributed by atoms with Crippen LogP contribution in [0.2, 0.25) is 0 Å². The standard InChI is InChI=1S/C4H7Cl3/c1-3(5)4(2,6)7/h3H,1-2H3. The Morgan fingerprint density at radius 2 is 1.57 bits per heavy atom. The summed E-state index contributed by atoms with van der Waals surface area (Å²) in [5.41, 5.74) is 0. The van der Waals surface area contributed by atoms with E-state index in [-0.39, 0.29) is 5.38 Å². The lowest BCUT2D eigenvalue weighted by Gasteiger charge is -2.14. The minimum Gasteiger partial charge on any atom is -0.120 e. The first-order valence-corrected chi connectivity index (χ1v) is 3.15. The minimum atomic E-state index is -0.790. The van der Waals surface area contributed by atoms with Crippen LogP contribution in [0.3, 0.4) is 0 Å². The average Bonchev–Trinajstić information content (AvgIpc) is 1.31. The van der Waals surface area contributed by atoms with Crippen molar-refractivity contribution in [2.24, 2.45) is 0 Å². The molecular weight excluding hydrogens is 154 g/mol. The molecule has 44 valence electrons. The molecule has 0 aliphatic rings. The Balaban J connectivity index is 3.54. The number of rotatable bonds is 1. The maximum Gasteiger partial charge on any atom is 0.131 e. The second-order valence-corrected chi connectivity index (χ2v) is 3.99. The van der Waals surface area contributed by atoms with Crippen molar-refractivity contribution in [3.8, 4) is 0 Å². The zero-order valence-corrected chi connectivity index (χ0v) is 6.48. The minimum absolute atomic E-state index is 0.198. The Morgan fingerprint density at radius 1 is 1.43 bits per heavy atom. The van der Waals surface area contributed by atoms with Gasteiger partial charge in [-0.3, -0.25) is 0 Å². The van der Waals surface area contributed by atoms with Crippen LogP contribution in [-0.2, 0) is 0 Å². The third-order valence-corrected chi connectivity index (χ3v) is 2.01. The predicted octanol–water partition coefficient (Wildman–Crippen LogP) is 2.81. The topological polar surface area (TPSA) is 0 Å². The van der Waals surface area contributed by atoms with Gasteiger partial charge in [0, 0.05) is 0 Å². The van der Waals surface area contributed by atoms with E-state index in [1.807, 2.05) is 0 Å². The van der Waals surface area contributed by atoms with Gasteiger partial charge in [0.2, 0.25) is 0 Å². The third kappa shape index (κ3) is 3.45. The summed E-state index contributed by atoms with van der Waals surface area (Å²) in [6, 6.07) is 0. The van der Waals surface area contributed by atoms with Crippen molar-refractivity contribution in [3.63, 3.8) is 0 Å². The summed E-state index contributed by atoms with van der Waals surface area (Å²) in [7, 11) is 0. The molecule has 1 atom stereocenters. The Kier molecular flexibility index (Phi) is 2.73. The predicted molar refractivity (Wildman–Crippen MR) is 35.4 cm³/mol. The molecule has 0 aromatic heterocycles. The van der Waals surface area contributed by atoms with E-state index in [1.54, 1.807) is 13.8 Å². The van der Waals surface area contributed by atoms with Gasteiger partial charge in [0.25, 0.3) is 0 Å². The van der Waals surface area contributed by atoms with E-state index in [9.17, 15) is 0 Å². The fraction of sp³-hybridized carbons (Fsp3) is 1.00. The van der Waals surface area contributed by atoms with Gasteiger partial charge in [-0.15, -0.1) is 34.8 Å². The van der Waals surface area contributed by atoms with Crippen LogP contribution < -0.4 is 0 Å². The lowest BCUT2D eigenvalue weighted by atomic mass is 10.3. The first kappa shape index (κ1) is 7.87. The van der Waals surface area contributed by atoms with E-state index < -0.39 is 4.33 Å². The van der Waals surface area contributed by atoms with Gasteiger partial charge in [0.05, 0.1) is 5.38 Å². The smallest absolute Gasteiger partial charge is 0.120 e. The molecule has 0 radical (unpaired) electrons. The highest BCUT2D eigenvalue weighted by molar-refractivity contribution is 6.51. The van der Waals surface area contributed by atoms with Gasteiger partial charge in [-0.05, 0) is 13.8 Å². The number of hydrogen-bond acceptors (Lipinski definition) is 0. The highest BCUT2D eigenvalue weighted by Gasteiger charge is 2.22. The lowest BCUT2D eigenvalue weighted by Crippen LogP contribution is -2.17. The molecule has 0 saturated heterocycles. The molecule has 0 N–H and O–H groups in total. The molecule has 7 heavy (non-hydrogen) atoms. The van der Waals surface area contributed by atoms with E-state index in [4.69, 9.17) is 34.8 Å². The van der Waals surface area contributed by atoms with Gasteiger partial charge in [-0.2, -0.15) is 0 Å². The first-order chi connectivity index (χ1) is 2.94. The Bertz CT molecular complexity index is 52.4. The van der Waals surface area contributed by atoms with Crippen molar-refractivity contribution in [2.45, 2.75) is 23.6 Å². The first-order valence-electron chi connectivity index (χ1n) is 1.96. The Labute approximate surface area is 58.7 Å². The molecule has 3 heteroatoms. The summed E-state index contributed by atoms with van der Waals surface area (Å²) in [5, 5.41) is -0.198. The van der Waals surface area contributed by atoms with E-state index >= 15 is 0 Å². The molecule has 0 aromatic carbocycles. The van der Waals surface area contributed by atoms with E-state index in [0.29, 0.717) is 0 Å². The largest absolute Gasteiger partial charge is 0.131 e. The second kappa shape index (κ2) is 2.43. The second-order valence-electron chi connectivity index (χ2n) is 1.57. The summed E-state index contributed by atoms with van der Waals surface area (Å²) in [5.74, 6) is 0. The molecule has 0 aliphatic carbocycles. The maximum absolute atomic E-state index is 5.50. The van der Waals surface area contributed by atoms with Crippen LogP contribution in [0.1, 0.15) is 13.8 Å². The van der Waals surface area contributed by atoms with Crippen molar-refractivity contribution in [1.82, 2.24) is 0 Å². The Morgan fingerprint density at radius 3 is 1.57 bits per heavy atom. The molecule has 0 aromatic rings. The SMILES string of the molecule is CC(Cl)C(C)(Cl)Cl. The van der Waals surface area contributed by atoms with Gasteiger partial charge in [0.15, 0.2) is 0 Å². The maximum atomic E-state index is 5.50. The van der Waals surface area contributed by atoms with E-state index in [2.05, 4.69) is 0 Å². The molecular formula is C4H7Cl3. The quantitative estimate of drug-likeness (QED) is 0.519. The van der Waals surface area contributed by atoms with Crippen LogP contribution in [0, 0.1) is 0 Å². The molecule has 0 saturated carbocycles. The van der Waals surface area contributed by atoms with Crippen LogP contribution in [0.5, 0.6) is 0 Å². The van der Waals surface area contributed by atoms with Gasteiger partial charge >= 0.3 is 0 Å². The van der Waals surface area contributed by atoms with Gasteiger partial charge in [0.1, 0.15) is 4.33 Å². The molecule has 0 fully saturated rings. The molecule has 0 rings (SSSR count). The van der Waals surface area contributed by atoms with Crippen LogP contribution >= 0.6 is 34.8 Å². The fourth-order valence-corrected chi connectivity index (χ4v) is 0. The zero-order chi connectivity index (χ0) is 6.08. The zero-order valence-electron chi connectivity index (χ0n) is 4.21. The number of alkyl halides is 3. The highest BCUT2D eigenvalue weighted by atomic mass is 35.5. The van der Waals surface area contributed by atoms with Crippen LogP contribution in [0.15, 0.2) is 0 Å². The molecule has 0 spiro atoms. The van der Waals surface area contributed by atoms with Gasteiger partial charge < -0.3 is 0 Å². The highest BCUT2D eigenvalue weighted by Crippen LogP contribution is 2.27. The van der Waals surface area contributed by atoms with E-state index in [1.165, 1.54) is 0 Å². The van der Waals surface area contributed by atoms with Crippen molar-refractivity contribution in [3.05, 3.63) is 0 Å². The monoisotopic (exact) mass is 160 g/mol. The average molecular weight is 161 g/mol. The number of hydrogen-bond donors (Lipinski definition) is 0. The van der Waals surface area contributed by atoms with Crippen molar-refractivity contribution >= 4 is 34.8 Å². The van der Waals surface area contributed by atoms with Gasteiger partial charge in [-0.1, -0.05) is 0 Å². The van der Waals surface area contributed by atoms with E-state index in [0.717, 1.165) is 0 Å². The summed E-state index contributed by atoms with van der Waals surface area (Å²) < 4.78 is -0.790.